The zero-order chi connectivity index (χ0) is 18.8. The highest BCUT2D eigenvalue weighted by molar-refractivity contribution is 6.30. The molecule has 1 atom stereocenters. The fourth-order valence-corrected chi connectivity index (χ4v) is 2.04. The van der Waals surface area contributed by atoms with Crippen molar-refractivity contribution in [2.45, 2.75) is 32.7 Å². The summed E-state index contributed by atoms with van der Waals surface area (Å²) >= 11 is 5.83. The van der Waals surface area contributed by atoms with E-state index in [0.717, 1.165) is 0 Å². The van der Waals surface area contributed by atoms with Gasteiger partial charge in [-0.2, -0.15) is 0 Å². The Balaban J connectivity index is 2.52. The molecular weight excluding hydrogens is 350 g/mol. The van der Waals surface area contributed by atoms with Crippen molar-refractivity contribution < 1.29 is 29.0 Å². The number of esters is 1. The zero-order valence-corrected chi connectivity index (χ0v) is 14.9. The van der Waals surface area contributed by atoms with Crippen molar-refractivity contribution in [3.8, 4) is 0 Å². The van der Waals surface area contributed by atoms with Gasteiger partial charge in [0.1, 0.15) is 13.2 Å². The summed E-state index contributed by atoms with van der Waals surface area (Å²) in [4.78, 5) is 33.9. The van der Waals surface area contributed by atoms with E-state index in [1.54, 1.807) is 38.1 Å². The van der Waals surface area contributed by atoms with Crippen molar-refractivity contribution in [3.05, 3.63) is 34.9 Å². The predicted molar refractivity (Wildman–Crippen MR) is 91.3 cm³/mol. The fourth-order valence-electron chi connectivity index (χ4n) is 1.91. The van der Waals surface area contributed by atoms with Crippen LogP contribution in [0.1, 0.15) is 38.3 Å². The number of rotatable bonds is 9. The maximum Gasteiger partial charge on any atom is 0.407 e. The van der Waals surface area contributed by atoms with Gasteiger partial charge in [-0.15, -0.1) is 0 Å². The summed E-state index contributed by atoms with van der Waals surface area (Å²) in [6.07, 6.45) is -0.625. The number of amides is 1. The molecule has 1 unspecified atom stereocenters. The van der Waals surface area contributed by atoms with Crippen molar-refractivity contribution in [2.24, 2.45) is 5.92 Å². The first-order chi connectivity index (χ1) is 11.8. The second-order valence-electron chi connectivity index (χ2n) is 5.64. The topological polar surface area (TPSA) is 102 Å². The molecule has 0 saturated carbocycles. The van der Waals surface area contributed by atoms with Gasteiger partial charge in [0.2, 0.25) is 0 Å². The Morgan fingerprint density at radius 1 is 1.12 bits per heavy atom. The first-order valence-electron chi connectivity index (χ1n) is 7.86. The second-order valence-corrected chi connectivity index (χ2v) is 6.08. The average Bonchev–Trinajstić information content (AvgIpc) is 2.55. The minimum absolute atomic E-state index is 0.0365. The number of carbonyl (C=O) groups is 3. The molecule has 8 heteroatoms. The third-order valence-electron chi connectivity index (χ3n) is 3.24. The number of carboxylic acid groups (broad SMARTS) is 1. The third kappa shape index (κ3) is 8.39. The van der Waals surface area contributed by atoms with E-state index in [1.165, 1.54) is 0 Å². The number of ether oxygens (including phenoxy) is 2. The molecule has 1 amide bonds. The van der Waals surface area contributed by atoms with E-state index < -0.39 is 18.1 Å². The Morgan fingerprint density at radius 3 is 2.28 bits per heavy atom. The summed E-state index contributed by atoms with van der Waals surface area (Å²) in [7, 11) is 0. The van der Waals surface area contributed by atoms with Crippen LogP contribution < -0.4 is 5.32 Å². The van der Waals surface area contributed by atoms with Gasteiger partial charge in [-0.1, -0.05) is 37.6 Å². The van der Waals surface area contributed by atoms with Crippen LogP contribution in [-0.4, -0.2) is 36.4 Å². The van der Waals surface area contributed by atoms with Crippen LogP contribution in [0.2, 0.25) is 5.02 Å². The summed E-state index contributed by atoms with van der Waals surface area (Å²) in [6.45, 7) is 3.28. The lowest BCUT2D eigenvalue weighted by molar-refractivity contribution is -0.148. The standard InChI is InChI=1S/C17H22ClNO6/c1-11(2)16(22)24-9-10-25-17(23)19-14(7-8-15(20)21)12-3-5-13(18)6-4-12/h3-6,11,14H,7-10H2,1-2H3,(H,19,23)(H,20,21). The van der Waals surface area contributed by atoms with Crippen LogP contribution in [0.25, 0.3) is 0 Å². The monoisotopic (exact) mass is 371 g/mol. The molecule has 0 saturated heterocycles. The normalized spacial score (nSPS) is 11.7. The van der Waals surface area contributed by atoms with Crippen LogP contribution >= 0.6 is 11.6 Å². The Kier molecular flexibility index (Phi) is 8.77. The number of benzene rings is 1. The van der Waals surface area contributed by atoms with Crippen molar-refractivity contribution >= 4 is 29.6 Å². The highest BCUT2D eigenvalue weighted by Crippen LogP contribution is 2.21. The molecule has 7 nitrogen and oxygen atoms in total. The molecule has 0 fully saturated rings. The van der Waals surface area contributed by atoms with E-state index in [-0.39, 0.29) is 37.9 Å². The van der Waals surface area contributed by atoms with Crippen molar-refractivity contribution in [1.82, 2.24) is 5.32 Å². The van der Waals surface area contributed by atoms with E-state index in [0.29, 0.717) is 10.6 Å². The molecule has 0 bridgehead atoms. The molecule has 25 heavy (non-hydrogen) atoms. The van der Waals surface area contributed by atoms with Gasteiger partial charge in [0.05, 0.1) is 12.0 Å². The lowest BCUT2D eigenvalue weighted by Gasteiger charge is -2.18. The molecule has 138 valence electrons. The molecule has 0 heterocycles. The predicted octanol–water partition coefficient (Wildman–Crippen LogP) is 3.17. The van der Waals surface area contributed by atoms with E-state index in [4.69, 9.17) is 26.2 Å². The van der Waals surface area contributed by atoms with E-state index >= 15 is 0 Å². The molecule has 1 aromatic rings. The highest BCUT2D eigenvalue weighted by atomic mass is 35.5. The molecular formula is C17H22ClNO6. The van der Waals surface area contributed by atoms with E-state index in [2.05, 4.69) is 5.32 Å². The number of aliphatic carboxylic acids is 1. The number of hydrogen-bond acceptors (Lipinski definition) is 5. The summed E-state index contributed by atoms with van der Waals surface area (Å²) in [5, 5.41) is 12.0. The summed E-state index contributed by atoms with van der Waals surface area (Å²) in [5.41, 5.74) is 0.717. The first-order valence-corrected chi connectivity index (χ1v) is 8.24. The lowest BCUT2D eigenvalue weighted by Crippen LogP contribution is -2.30. The largest absolute Gasteiger partial charge is 0.481 e. The van der Waals surface area contributed by atoms with Gasteiger partial charge in [-0.05, 0) is 24.1 Å². The SMILES string of the molecule is CC(C)C(=O)OCCOC(=O)NC(CCC(=O)O)c1ccc(Cl)cc1. The van der Waals surface area contributed by atoms with Gasteiger partial charge in [-0.25, -0.2) is 4.79 Å². The quantitative estimate of drug-likeness (QED) is 0.510. The summed E-state index contributed by atoms with van der Waals surface area (Å²) in [6, 6.07) is 6.20. The Labute approximate surface area is 151 Å². The molecule has 0 aromatic heterocycles. The van der Waals surface area contributed by atoms with Crippen LogP contribution in [-0.2, 0) is 19.1 Å². The Hall–Kier alpha value is -2.28. The number of nitrogens with one attached hydrogen (secondary N) is 1. The number of carbonyl (C=O) groups excluding carboxylic acids is 2. The maximum absolute atomic E-state index is 11.9. The molecule has 0 aliphatic rings. The second kappa shape index (κ2) is 10.6. The van der Waals surface area contributed by atoms with Crippen LogP contribution in [0.3, 0.4) is 0 Å². The highest BCUT2D eigenvalue weighted by Gasteiger charge is 2.17. The van der Waals surface area contributed by atoms with Crippen LogP contribution in [0.15, 0.2) is 24.3 Å². The number of halogens is 1. The number of hydrogen-bond donors (Lipinski definition) is 2. The smallest absolute Gasteiger partial charge is 0.407 e. The molecule has 0 aliphatic heterocycles. The average molecular weight is 372 g/mol. The zero-order valence-electron chi connectivity index (χ0n) is 14.2. The Morgan fingerprint density at radius 2 is 1.72 bits per heavy atom. The van der Waals surface area contributed by atoms with Gasteiger partial charge in [0, 0.05) is 11.4 Å². The Bertz CT molecular complexity index is 587. The molecule has 0 spiro atoms. The van der Waals surface area contributed by atoms with Crippen LogP contribution in [0, 0.1) is 5.92 Å². The van der Waals surface area contributed by atoms with Gasteiger partial charge < -0.3 is 19.9 Å². The summed E-state index contributed by atoms with van der Waals surface area (Å²) < 4.78 is 9.85. The fraction of sp³-hybridized carbons (Fsp3) is 0.471. The molecule has 1 rings (SSSR count). The van der Waals surface area contributed by atoms with Crippen LogP contribution in [0.4, 0.5) is 4.79 Å². The van der Waals surface area contributed by atoms with E-state index in [1.807, 2.05) is 0 Å². The molecule has 0 aliphatic carbocycles. The van der Waals surface area contributed by atoms with E-state index in [9.17, 15) is 14.4 Å². The van der Waals surface area contributed by atoms with Gasteiger partial charge in [-0.3, -0.25) is 9.59 Å². The third-order valence-corrected chi connectivity index (χ3v) is 3.50. The van der Waals surface area contributed by atoms with Crippen molar-refractivity contribution in [2.75, 3.05) is 13.2 Å². The van der Waals surface area contributed by atoms with Gasteiger partial charge in [0.15, 0.2) is 0 Å². The lowest BCUT2D eigenvalue weighted by atomic mass is 10.0. The summed E-state index contributed by atoms with van der Waals surface area (Å²) in [5.74, 6) is -1.58. The number of alkyl carbamates (subject to hydrolysis) is 1. The van der Waals surface area contributed by atoms with Gasteiger partial charge in [0.25, 0.3) is 0 Å². The number of carboxylic acids is 1. The first kappa shape index (κ1) is 20.8. The maximum atomic E-state index is 11.9. The van der Waals surface area contributed by atoms with Crippen LogP contribution in [0.5, 0.6) is 0 Å². The van der Waals surface area contributed by atoms with Gasteiger partial charge >= 0.3 is 18.0 Å². The van der Waals surface area contributed by atoms with Crippen molar-refractivity contribution in [3.63, 3.8) is 0 Å². The minimum Gasteiger partial charge on any atom is -0.481 e. The van der Waals surface area contributed by atoms with Crippen molar-refractivity contribution in [1.29, 1.82) is 0 Å². The molecule has 2 N–H and O–H groups in total. The minimum atomic E-state index is -0.963. The molecule has 0 radical (unpaired) electrons. The molecule has 1 aromatic carbocycles.